The summed E-state index contributed by atoms with van der Waals surface area (Å²) >= 11 is 6.41. The Hall–Kier alpha value is -3.38. The maximum Gasteiger partial charge on any atom is 0.328 e. The van der Waals surface area contributed by atoms with Gasteiger partial charge in [-0.3, -0.25) is 9.59 Å². The lowest BCUT2D eigenvalue weighted by Gasteiger charge is -2.32. The Bertz CT molecular complexity index is 1480. The fourth-order valence-electron chi connectivity index (χ4n) is 7.28. The number of esters is 1. The fourth-order valence-corrected chi connectivity index (χ4v) is 7.46. The van der Waals surface area contributed by atoms with Gasteiger partial charge >= 0.3 is 5.97 Å². The van der Waals surface area contributed by atoms with Crippen LogP contribution in [0.25, 0.3) is 0 Å². The van der Waals surface area contributed by atoms with E-state index in [1.807, 2.05) is 24.0 Å². The number of benzene rings is 1. The number of nitrogens with one attached hydrogen (secondary N) is 1. The summed E-state index contributed by atoms with van der Waals surface area (Å²) in [7, 11) is 0. The van der Waals surface area contributed by atoms with Gasteiger partial charge in [-0.1, -0.05) is 17.7 Å². The van der Waals surface area contributed by atoms with Crippen LogP contribution in [0, 0.1) is 38.5 Å². The molecule has 2 aromatic rings. The number of anilines is 2. The Morgan fingerprint density at radius 2 is 1.69 bits per heavy atom. The van der Waals surface area contributed by atoms with Gasteiger partial charge in [-0.05, 0) is 90.0 Å². The number of aromatic nitrogens is 2. The zero-order chi connectivity index (χ0) is 34.7. The third-order valence-electron chi connectivity index (χ3n) is 9.98. The number of carbonyl (C=O) groups excluding carboxylic acids is 3. The van der Waals surface area contributed by atoms with E-state index in [9.17, 15) is 23.2 Å². The van der Waals surface area contributed by atoms with Gasteiger partial charge in [0.2, 0.25) is 17.8 Å². The largest absolute Gasteiger partial charge is 0.464 e. The highest BCUT2D eigenvalue weighted by Crippen LogP contribution is 2.38. The van der Waals surface area contributed by atoms with Crippen LogP contribution in [0.1, 0.15) is 73.3 Å². The van der Waals surface area contributed by atoms with E-state index in [0.29, 0.717) is 59.1 Å². The van der Waals surface area contributed by atoms with Crippen molar-refractivity contribution in [3.8, 4) is 0 Å². The molecule has 48 heavy (non-hydrogen) atoms. The Kier molecular flexibility index (Phi) is 11.2. The molecule has 1 N–H and O–H groups in total. The van der Waals surface area contributed by atoms with Crippen LogP contribution in [0.3, 0.4) is 0 Å². The lowest BCUT2D eigenvalue weighted by molar-refractivity contribution is -0.143. The second-order valence-electron chi connectivity index (χ2n) is 13.6. The number of carbonyl (C=O) groups is 3. The molecule has 13 heteroatoms. The average Bonchev–Trinajstić information content (AvgIpc) is 3.59. The van der Waals surface area contributed by atoms with Crippen molar-refractivity contribution in [2.45, 2.75) is 78.7 Å². The lowest BCUT2D eigenvalue weighted by atomic mass is 9.85. The van der Waals surface area contributed by atoms with Crippen molar-refractivity contribution >= 4 is 41.0 Å². The second-order valence-corrected chi connectivity index (χ2v) is 14.0. The summed E-state index contributed by atoms with van der Waals surface area (Å²) < 4.78 is 32.7. The minimum Gasteiger partial charge on any atom is -0.464 e. The molecule has 1 aliphatic carbocycles. The van der Waals surface area contributed by atoms with E-state index in [2.05, 4.69) is 20.2 Å². The number of ether oxygens (including phenoxy) is 1. The molecule has 3 fully saturated rings. The van der Waals surface area contributed by atoms with Gasteiger partial charge in [0.05, 0.1) is 23.6 Å². The van der Waals surface area contributed by atoms with Crippen LogP contribution < -0.4 is 10.2 Å². The standard InChI is InChI=1S/C35H47ClF2N6O4/c1-6-48-33(47)24(5)41-34-39-22(3)30(23(4)40-34)32(46)43-19-26-17-42(18-27(26)20-43)14-7-15-44(28-9-8-21(2)29(36)16-28)31(45)25-10-12-35(37,38)13-11-25/h8-9,16,24-27H,6-7,10-15,17-20H2,1-5H3,(H,39,40,41)/t24-,26?,27?/m1/s1. The molecule has 0 bridgehead atoms. The first-order chi connectivity index (χ1) is 22.8. The van der Waals surface area contributed by atoms with E-state index in [-0.39, 0.29) is 50.1 Å². The molecule has 2 unspecified atom stereocenters. The van der Waals surface area contributed by atoms with Crippen LogP contribution in [-0.4, -0.2) is 95.4 Å². The van der Waals surface area contributed by atoms with Crippen molar-refractivity contribution in [3.63, 3.8) is 0 Å². The normalized spacial score (nSPS) is 21.5. The molecule has 3 atom stereocenters. The van der Waals surface area contributed by atoms with E-state index >= 15 is 0 Å². The minimum absolute atomic E-state index is 0.0812. The van der Waals surface area contributed by atoms with Crippen molar-refractivity contribution < 1.29 is 27.9 Å². The van der Waals surface area contributed by atoms with Crippen LogP contribution in [0.15, 0.2) is 18.2 Å². The SMILES string of the molecule is CCOC(=O)[C@@H](C)Nc1nc(C)c(C(=O)N2CC3CN(CCCN(C(=O)C4CCC(F)(F)CC4)c4ccc(C)c(Cl)c4)CC3C2)c(C)n1. The summed E-state index contributed by atoms with van der Waals surface area (Å²) in [5, 5.41) is 3.53. The number of amides is 2. The predicted octanol–water partition coefficient (Wildman–Crippen LogP) is 5.67. The maximum atomic E-state index is 13.8. The quantitative estimate of drug-likeness (QED) is 0.301. The molecule has 0 radical (unpaired) electrons. The highest BCUT2D eigenvalue weighted by molar-refractivity contribution is 6.31. The van der Waals surface area contributed by atoms with E-state index < -0.39 is 23.9 Å². The fraction of sp³-hybridized carbons (Fsp3) is 0.629. The molecule has 3 aliphatic rings. The van der Waals surface area contributed by atoms with Crippen molar-refractivity contribution in [1.82, 2.24) is 19.8 Å². The van der Waals surface area contributed by atoms with Crippen LogP contribution in [0.4, 0.5) is 20.4 Å². The predicted molar refractivity (Wildman–Crippen MR) is 181 cm³/mol. The number of aryl methyl sites for hydroxylation is 3. The molecular weight excluding hydrogens is 642 g/mol. The summed E-state index contributed by atoms with van der Waals surface area (Å²) in [5.74, 6) is -2.72. The van der Waals surface area contributed by atoms with E-state index in [1.165, 1.54) is 0 Å². The lowest BCUT2D eigenvalue weighted by Crippen LogP contribution is -2.41. The van der Waals surface area contributed by atoms with Gasteiger partial charge in [-0.2, -0.15) is 0 Å². The smallest absolute Gasteiger partial charge is 0.328 e. The van der Waals surface area contributed by atoms with E-state index in [1.54, 1.807) is 38.7 Å². The highest BCUT2D eigenvalue weighted by Gasteiger charge is 2.43. The van der Waals surface area contributed by atoms with Crippen LogP contribution in [0.2, 0.25) is 5.02 Å². The Morgan fingerprint density at radius 1 is 1.06 bits per heavy atom. The Morgan fingerprint density at radius 3 is 2.27 bits per heavy atom. The number of nitrogens with zero attached hydrogens (tertiary/aromatic N) is 5. The molecule has 10 nitrogen and oxygen atoms in total. The first-order valence-electron chi connectivity index (χ1n) is 17.0. The van der Waals surface area contributed by atoms with E-state index in [0.717, 1.165) is 31.6 Å². The van der Waals surface area contributed by atoms with Crippen LogP contribution in [0.5, 0.6) is 0 Å². The van der Waals surface area contributed by atoms with Crippen molar-refractivity contribution in [1.29, 1.82) is 0 Å². The van der Waals surface area contributed by atoms with Gasteiger partial charge in [-0.15, -0.1) is 0 Å². The third-order valence-corrected chi connectivity index (χ3v) is 10.4. The molecule has 2 aliphatic heterocycles. The number of alkyl halides is 2. The number of likely N-dealkylation sites (tertiary alicyclic amines) is 2. The number of hydrogen-bond donors (Lipinski definition) is 1. The summed E-state index contributed by atoms with van der Waals surface area (Å²) in [6, 6.07) is 4.93. The summed E-state index contributed by atoms with van der Waals surface area (Å²) in [5.41, 5.74) is 3.21. The number of hydrogen-bond acceptors (Lipinski definition) is 8. The number of rotatable bonds is 11. The summed E-state index contributed by atoms with van der Waals surface area (Å²) in [6.07, 6.45) is 0.592. The first-order valence-corrected chi connectivity index (χ1v) is 17.4. The van der Waals surface area contributed by atoms with Gasteiger partial charge in [0.1, 0.15) is 6.04 Å². The molecule has 262 valence electrons. The minimum atomic E-state index is -2.69. The monoisotopic (exact) mass is 688 g/mol. The summed E-state index contributed by atoms with van der Waals surface area (Å²) in [4.78, 5) is 54.2. The molecule has 2 saturated heterocycles. The highest BCUT2D eigenvalue weighted by atomic mass is 35.5. The molecule has 1 aromatic carbocycles. The second kappa shape index (κ2) is 15.0. The van der Waals surface area contributed by atoms with Gasteiger partial charge < -0.3 is 24.8 Å². The Balaban J connectivity index is 1.15. The van der Waals surface area contributed by atoms with Crippen LogP contribution >= 0.6 is 11.6 Å². The first kappa shape index (κ1) is 35.9. The average molecular weight is 689 g/mol. The number of halogens is 3. The molecule has 5 rings (SSSR count). The van der Waals surface area contributed by atoms with Gasteiger partial charge in [0.15, 0.2) is 0 Å². The van der Waals surface area contributed by atoms with Crippen molar-refractivity contribution in [3.05, 3.63) is 45.7 Å². The summed E-state index contributed by atoms with van der Waals surface area (Å²) in [6.45, 7) is 13.5. The topological polar surface area (TPSA) is 108 Å². The van der Waals surface area contributed by atoms with E-state index in [4.69, 9.17) is 16.3 Å². The Labute approximate surface area is 286 Å². The molecule has 2 amide bonds. The molecule has 1 aromatic heterocycles. The third kappa shape index (κ3) is 8.25. The van der Waals surface area contributed by atoms with Crippen LogP contribution in [-0.2, 0) is 14.3 Å². The van der Waals surface area contributed by atoms with Crippen molar-refractivity contribution in [2.75, 3.05) is 56.1 Å². The van der Waals surface area contributed by atoms with Gasteiger partial charge in [0, 0.05) is 62.2 Å². The van der Waals surface area contributed by atoms with Crippen molar-refractivity contribution in [2.24, 2.45) is 17.8 Å². The molecule has 3 heterocycles. The molecule has 1 saturated carbocycles. The molecule has 0 spiro atoms. The zero-order valence-electron chi connectivity index (χ0n) is 28.5. The number of fused-ring (bicyclic) bond motifs is 1. The van der Waals surface area contributed by atoms with Gasteiger partial charge in [0.25, 0.3) is 5.91 Å². The maximum absolute atomic E-state index is 13.8. The van der Waals surface area contributed by atoms with Gasteiger partial charge in [-0.25, -0.2) is 23.5 Å². The zero-order valence-corrected chi connectivity index (χ0v) is 29.3. The molecular formula is C35H47ClF2N6O4.